The van der Waals surface area contributed by atoms with Crippen molar-refractivity contribution < 1.29 is 18.0 Å². The molecule has 0 atom stereocenters. The van der Waals surface area contributed by atoms with E-state index in [1.54, 1.807) is 12.3 Å². The number of hydrogen-bond acceptors (Lipinski definition) is 4. The number of pyridine rings is 2. The lowest BCUT2D eigenvalue weighted by atomic mass is 10.2. The van der Waals surface area contributed by atoms with Crippen molar-refractivity contribution in [3.05, 3.63) is 83.9 Å². The second-order valence-electron chi connectivity index (χ2n) is 5.64. The molecule has 0 aliphatic heterocycles. The average Bonchev–Trinajstić information content (AvgIpc) is 2.67. The van der Waals surface area contributed by atoms with Crippen LogP contribution in [-0.4, -0.2) is 15.9 Å². The zero-order chi connectivity index (χ0) is 19.3. The van der Waals surface area contributed by atoms with Crippen LogP contribution in [0.3, 0.4) is 0 Å². The highest BCUT2D eigenvalue weighted by Gasteiger charge is 2.30. The highest BCUT2D eigenvalue weighted by Crippen LogP contribution is 2.30. The Kier molecular flexibility index (Phi) is 5.35. The summed E-state index contributed by atoms with van der Waals surface area (Å²) in [6.45, 7) is 0.458. The van der Waals surface area contributed by atoms with E-state index in [0.29, 0.717) is 12.2 Å². The lowest BCUT2D eigenvalue weighted by Crippen LogP contribution is -2.15. The van der Waals surface area contributed by atoms with Gasteiger partial charge in [0, 0.05) is 23.8 Å². The van der Waals surface area contributed by atoms with E-state index in [0.717, 1.165) is 17.8 Å². The summed E-state index contributed by atoms with van der Waals surface area (Å²) in [5, 5.41) is 5.55. The van der Waals surface area contributed by atoms with Gasteiger partial charge in [0.15, 0.2) is 0 Å². The molecule has 0 saturated heterocycles. The number of carbonyl (C=O) groups is 1. The van der Waals surface area contributed by atoms with Crippen LogP contribution in [0.25, 0.3) is 0 Å². The van der Waals surface area contributed by atoms with E-state index in [1.165, 1.54) is 24.4 Å². The zero-order valence-electron chi connectivity index (χ0n) is 14.0. The number of nitrogens with one attached hydrogen (secondary N) is 2. The highest BCUT2D eigenvalue weighted by atomic mass is 19.4. The van der Waals surface area contributed by atoms with Crippen LogP contribution in [0.15, 0.2) is 67.0 Å². The standard InChI is InChI=1S/C19H15F3N4O/c20-19(21,22)13-4-3-6-15(10-13)26-18(27)17-11-14(7-9-24-17)25-12-16-5-1-2-8-23-16/h1-11H,12H2,(H,24,25)(H,26,27). The Morgan fingerprint density at radius 1 is 0.926 bits per heavy atom. The van der Waals surface area contributed by atoms with E-state index in [9.17, 15) is 18.0 Å². The number of anilines is 2. The fraction of sp³-hybridized carbons (Fsp3) is 0.105. The molecule has 3 rings (SSSR count). The number of alkyl halides is 3. The normalized spacial score (nSPS) is 11.1. The minimum absolute atomic E-state index is 0.0449. The van der Waals surface area contributed by atoms with Crippen molar-refractivity contribution in [2.75, 3.05) is 10.6 Å². The van der Waals surface area contributed by atoms with E-state index in [4.69, 9.17) is 0 Å². The second kappa shape index (κ2) is 7.86. The summed E-state index contributed by atoms with van der Waals surface area (Å²) in [6, 6.07) is 13.2. The van der Waals surface area contributed by atoms with Crippen molar-refractivity contribution in [2.45, 2.75) is 12.7 Å². The molecule has 0 spiro atoms. The van der Waals surface area contributed by atoms with Crippen LogP contribution in [-0.2, 0) is 12.7 Å². The molecule has 0 fully saturated rings. The average molecular weight is 372 g/mol. The van der Waals surface area contributed by atoms with Crippen molar-refractivity contribution in [3.8, 4) is 0 Å². The molecule has 0 aliphatic rings. The van der Waals surface area contributed by atoms with Gasteiger partial charge < -0.3 is 10.6 Å². The summed E-state index contributed by atoms with van der Waals surface area (Å²) in [4.78, 5) is 20.5. The Bertz CT molecular complexity index is 929. The first-order chi connectivity index (χ1) is 12.9. The maximum Gasteiger partial charge on any atom is 0.416 e. The third-order valence-corrected chi connectivity index (χ3v) is 3.64. The minimum Gasteiger partial charge on any atom is -0.379 e. The molecule has 27 heavy (non-hydrogen) atoms. The Morgan fingerprint density at radius 2 is 1.78 bits per heavy atom. The van der Waals surface area contributed by atoms with E-state index < -0.39 is 17.6 Å². The molecule has 2 heterocycles. The smallest absolute Gasteiger partial charge is 0.379 e. The van der Waals surface area contributed by atoms with Crippen molar-refractivity contribution in [3.63, 3.8) is 0 Å². The van der Waals surface area contributed by atoms with Gasteiger partial charge in [-0.2, -0.15) is 13.2 Å². The third kappa shape index (κ3) is 5.04. The summed E-state index contributed by atoms with van der Waals surface area (Å²) in [7, 11) is 0. The van der Waals surface area contributed by atoms with Gasteiger partial charge >= 0.3 is 6.18 Å². The molecule has 0 bridgehead atoms. The fourth-order valence-electron chi connectivity index (χ4n) is 2.33. The summed E-state index contributed by atoms with van der Waals surface area (Å²) in [6.07, 6.45) is -1.35. The van der Waals surface area contributed by atoms with Crippen LogP contribution < -0.4 is 10.6 Å². The minimum atomic E-state index is -4.48. The van der Waals surface area contributed by atoms with E-state index in [-0.39, 0.29) is 11.4 Å². The van der Waals surface area contributed by atoms with Gasteiger partial charge in [0.25, 0.3) is 5.91 Å². The van der Waals surface area contributed by atoms with Gasteiger partial charge in [-0.3, -0.25) is 14.8 Å². The lowest BCUT2D eigenvalue weighted by molar-refractivity contribution is -0.137. The summed E-state index contributed by atoms with van der Waals surface area (Å²) < 4.78 is 38.3. The van der Waals surface area contributed by atoms with Gasteiger partial charge in [-0.1, -0.05) is 12.1 Å². The predicted octanol–water partition coefficient (Wildman–Crippen LogP) is 4.36. The van der Waals surface area contributed by atoms with E-state index >= 15 is 0 Å². The topological polar surface area (TPSA) is 66.9 Å². The first-order valence-electron chi connectivity index (χ1n) is 8.00. The first-order valence-corrected chi connectivity index (χ1v) is 8.00. The maximum absolute atomic E-state index is 12.8. The summed E-state index contributed by atoms with van der Waals surface area (Å²) in [5.41, 5.74) is 0.759. The van der Waals surface area contributed by atoms with Gasteiger partial charge in [0.2, 0.25) is 0 Å². The molecule has 0 saturated carbocycles. The number of nitrogens with zero attached hydrogens (tertiary/aromatic N) is 2. The van der Waals surface area contributed by atoms with Crippen LogP contribution in [0.4, 0.5) is 24.5 Å². The first kappa shape index (κ1) is 18.4. The molecular formula is C19H15F3N4O. The SMILES string of the molecule is O=C(Nc1cccc(C(F)(F)F)c1)c1cc(NCc2ccccn2)ccn1. The Balaban J connectivity index is 1.68. The van der Waals surface area contributed by atoms with Gasteiger partial charge in [-0.25, -0.2) is 0 Å². The number of benzene rings is 1. The van der Waals surface area contributed by atoms with Crippen LogP contribution in [0.1, 0.15) is 21.7 Å². The van der Waals surface area contributed by atoms with Gasteiger partial charge in [-0.05, 0) is 42.5 Å². The van der Waals surface area contributed by atoms with Crippen LogP contribution in [0, 0.1) is 0 Å². The highest BCUT2D eigenvalue weighted by molar-refractivity contribution is 6.03. The predicted molar refractivity (Wildman–Crippen MR) is 95.2 cm³/mol. The zero-order valence-corrected chi connectivity index (χ0v) is 14.0. The molecular weight excluding hydrogens is 357 g/mol. The number of rotatable bonds is 5. The van der Waals surface area contributed by atoms with Crippen molar-refractivity contribution in [1.29, 1.82) is 0 Å². The van der Waals surface area contributed by atoms with E-state index in [2.05, 4.69) is 20.6 Å². The fourth-order valence-corrected chi connectivity index (χ4v) is 2.33. The molecule has 2 aromatic heterocycles. The Labute approximate surface area is 153 Å². The van der Waals surface area contributed by atoms with Crippen LogP contribution in [0.5, 0.6) is 0 Å². The molecule has 2 N–H and O–H groups in total. The molecule has 0 radical (unpaired) electrons. The quantitative estimate of drug-likeness (QED) is 0.698. The second-order valence-corrected chi connectivity index (χ2v) is 5.64. The number of aromatic nitrogens is 2. The summed E-state index contributed by atoms with van der Waals surface area (Å²) in [5.74, 6) is -0.601. The van der Waals surface area contributed by atoms with Gasteiger partial charge in [0.05, 0.1) is 17.8 Å². The van der Waals surface area contributed by atoms with E-state index in [1.807, 2.05) is 18.2 Å². The van der Waals surface area contributed by atoms with Crippen molar-refractivity contribution >= 4 is 17.3 Å². The molecule has 138 valence electrons. The summed E-state index contributed by atoms with van der Waals surface area (Å²) >= 11 is 0. The maximum atomic E-state index is 12.8. The molecule has 1 aromatic carbocycles. The number of halogens is 3. The lowest BCUT2D eigenvalue weighted by Gasteiger charge is -2.10. The molecule has 0 unspecified atom stereocenters. The van der Waals surface area contributed by atoms with Crippen LogP contribution in [0.2, 0.25) is 0 Å². The number of hydrogen-bond donors (Lipinski definition) is 2. The molecule has 8 heteroatoms. The molecule has 0 aliphatic carbocycles. The molecule has 3 aromatic rings. The Hall–Kier alpha value is -3.42. The largest absolute Gasteiger partial charge is 0.416 e. The van der Waals surface area contributed by atoms with Gasteiger partial charge in [-0.15, -0.1) is 0 Å². The molecule has 5 nitrogen and oxygen atoms in total. The molecule has 1 amide bonds. The Morgan fingerprint density at radius 3 is 2.52 bits per heavy atom. The van der Waals surface area contributed by atoms with Crippen molar-refractivity contribution in [1.82, 2.24) is 9.97 Å². The third-order valence-electron chi connectivity index (χ3n) is 3.64. The van der Waals surface area contributed by atoms with Crippen molar-refractivity contribution in [2.24, 2.45) is 0 Å². The van der Waals surface area contributed by atoms with Gasteiger partial charge in [0.1, 0.15) is 5.69 Å². The number of carbonyl (C=O) groups excluding carboxylic acids is 1. The monoisotopic (exact) mass is 372 g/mol. The number of amides is 1. The van der Waals surface area contributed by atoms with Crippen LogP contribution >= 0.6 is 0 Å².